The average molecular weight is 779 g/mol. The first kappa shape index (κ1) is 34.6. The molecule has 2 aliphatic rings. The van der Waals surface area contributed by atoms with Crippen LogP contribution in [0.3, 0.4) is 0 Å². The molecule has 0 saturated heterocycles. The summed E-state index contributed by atoms with van der Waals surface area (Å²) >= 11 is 0. The number of rotatable bonds is 3. The summed E-state index contributed by atoms with van der Waals surface area (Å²) in [6.07, 6.45) is 0. The van der Waals surface area contributed by atoms with Gasteiger partial charge in [-0.25, -0.2) is 0 Å². The number of hydrogen-bond donors (Lipinski definition) is 0. The second-order valence-electron chi connectivity index (χ2n) is 18.4. The Balaban J connectivity index is 0.962. The zero-order valence-electron chi connectivity index (χ0n) is 34.7. The Labute approximate surface area is 355 Å². The molecule has 61 heavy (non-hydrogen) atoms. The van der Waals surface area contributed by atoms with E-state index in [2.05, 4.69) is 210 Å². The van der Waals surface area contributed by atoms with Crippen molar-refractivity contribution in [3.63, 3.8) is 0 Å². The van der Waals surface area contributed by atoms with Crippen molar-refractivity contribution < 1.29 is 4.42 Å². The smallest absolute Gasteiger partial charge is 0.136 e. The predicted molar refractivity (Wildman–Crippen MR) is 258 cm³/mol. The summed E-state index contributed by atoms with van der Waals surface area (Å²) in [5.74, 6) is 0. The minimum absolute atomic E-state index is 0.163. The van der Waals surface area contributed by atoms with E-state index in [0.717, 1.165) is 11.2 Å². The molecule has 0 fully saturated rings. The van der Waals surface area contributed by atoms with E-state index in [4.69, 9.17) is 4.42 Å². The number of furan rings is 1. The molecule has 0 unspecified atom stereocenters. The minimum Gasteiger partial charge on any atom is -0.456 e. The lowest BCUT2D eigenvalue weighted by Crippen LogP contribution is -2.16. The minimum atomic E-state index is -0.219. The van der Waals surface area contributed by atoms with Crippen molar-refractivity contribution in [3.05, 3.63) is 204 Å². The van der Waals surface area contributed by atoms with Crippen LogP contribution in [-0.4, -0.2) is 0 Å². The van der Waals surface area contributed by atoms with E-state index in [0.29, 0.717) is 0 Å². The highest BCUT2D eigenvalue weighted by molar-refractivity contribution is 6.22. The molecule has 1 aromatic heterocycles. The first-order valence-electron chi connectivity index (χ1n) is 21.6. The highest BCUT2D eigenvalue weighted by atomic mass is 16.3. The Morgan fingerprint density at radius 1 is 0.328 bits per heavy atom. The molecule has 2 aliphatic carbocycles. The van der Waals surface area contributed by atoms with Gasteiger partial charge in [-0.15, -0.1) is 0 Å². The molecule has 288 valence electrons. The second-order valence-corrected chi connectivity index (χ2v) is 18.4. The first-order chi connectivity index (χ1) is 29.8. The molecule has 0 aliphatic heterocycles. The lowest BCUT2D eigenvalue weighted by molar-refractivity contribution is 0.648. The van der Waals surface area contributed by atoms with Crippen LogP contribution < -0.4 is 0 Å². The van der Waals surface area contributed by atoms with E-state index in [-0.39, 0.29) is 10.8 Å². The summed E-state index contributed by atoms with van der Waals surface area (Å²) in [5.41, 5.74) is 19.9. The van der Waals surface area contributed by atoms with Crippen molar-refractivity contribution in [2.45, 2.75) is 38.5 Å². The molecule has 13 rings (SSSR count). The Morgan fingerprint density at radius 3 is 1.67 bits per heavy atom. The van der Waals surface area contributed by atoms with Crippen LogP contribution in [0.2, 0.25) is 0 Å². The van der Waals surface area contributed by atoms with Crippen LogP contribution in [0.15, 0.2) is 186 Å². The molecule has 1 nitrogen and oxygen atoms in total. The van der Waals surface area contributed by atoms with Gasteiger partial charge in [0.15, 0.2) is 0 Å². The van der Waals surface area contributed by atoms with Gasteiger partial charge in [-0.2, -0.15) is 0 Å². The van der Waals surface area contributed by atoms with Gasteiger partial charge in [0.1, 0.15) is 11.2 Å². The van der Waals surface area contributed by atoms with Crippen molar-refractivity contribution >= 4 is 54.3 Å². The van der Waals surface area contributed by atoms with Crippen LogP contribution in [0.4, 0.5) is 0 Å². The molecule has 0 atom stereocenters. The summed E-state index contributed by atoms with van der Waals surface area (Å²) in [6, 6.07) is 67.9. The van der Waals surface area contributed by atoms with E-state index >= 15 is 0 Å². The maximum atomic E-state index is 6.60. The Kier molecular flexibility index (Phi) is 6.91. The molecule has 0 radical (unpaired) electrons. The topological polar surface area (TPSA) is 13.1 Å². The normalized spacial score (nSPS) is 14.5. The maximum absolute atomic E-state index is 6.60. The van der Waals surface area contributed by atoms with Gasteiger partial charge in [-0.05, 0) is 141 Å². The van der Waals surface area contributed by atoms with E-state index in [9.17, 15) is 0 Å². The fourth-order valence-corrected chi connectivity index (χ4v) is 11.6. The number of hydrogen-bond acceptors (Lipinski definition) is 1. The van der Waals surface area contributed by atoms with Crippen molar-refractivity contribution in [1.82, 2.24) is 0 Å². The molecule has 0 spiro atoms. The van der Waals surface area contributed by atoms with Crippen LogP contribution >= 0.6 is 0 Å². The van der Waals surface area contributed by atoms with Crippen molar-refractivity contribution in [2.24, 2.45) is 0 Å². The highest BCUT2D eigenvalue weighted by Gasteiger charge is 2.40. The van der Waals surface area contributed by atoms with Crippen LogP contribution in [-0.2, 0) is 10.8 Å². The van der Waals surface area contributed by atoms with Crippen LogP contribution in [0.5, 0.6) is 0 Å². The van der Waals surface area contributed by atoms with Gasteiger partial charge in [-0.1, -0.05) is 179 Å². The number of fused-ring (bicyclic) bond motifs is 13. The van der Waals surface area contributed by atoms with Crippen LogP contribution in [0.25, 0.3) is 110 Å². The fraction of sp³-hybridized carbons (Fsp3) is 0.100. The fourth-order valence-electron chi connectivity index (χ4n) is 11.6. The van der Waals surface area contributed by atoms with E-state index in [1.54, 1.807) is 0 Å². The molecule has 1 heteroatoms. The third-order valence-corrected chi connectivity index (χ3v) is 14.4. The molecule has 0 N–H and O–H groups in total. The highest BCUT2D eigenvalue weighted by Crippen LogP contribution is 2.56. The lowest BCUT2D eigenvalue weighted by atomic mass is 9.78. The van der Waals surface area contributed by atoms with Gasteiger partial charge < -0.3 is 4.42 Å². The molecule has 11 aromatic rings. The van der Waals surface area contributed by atoms with Crippen LogP contribution in [0, 0.1) is 0 Å². The molecule has 1 heterocycles. The largest absolute Gasteiger partial charge is 0.456 e. The average Bonchev–Trinajstić information content (AvgIpc) is 3.86. The maximum Gasteiger partial charge on any atom is 0.136 e. The summed E-state index contributed by atoms with van der Waals surface area (Å²) < 4.78 is 6.60. The van der Waals surface area contributed by atoms with E-state index in [1.807, 2.05) is 0 Å². The molecule has 0 amide bonds. The van der Waals surface area contributed by atoms with Gasteiger partial charge >= 0.3 is 0 Å². The third-order valence-electron chi connectivity index (χ3n) is 14.4. The van der Waals surface area contributed by atoms with Crippen molar-refractivity contribution in [3.8, 4) is 55.6 Å². The van der Waals surface area contributed by atoms with E-state index < -0.39 is 0 Å². The first-order valence-corrected chi connectivity index (χ1v) is 21.6. The van der Waals surface area contributed by atoms with Gasteiger partial charge in [0.25, 0.3) is 0 Å². The Morgan fingerprint density at radius 2 is 0.934 bits per heavy atom. The van der Waals surface area contributed by atoms with Gasteiger partial charge in [0.2, 0.25) is 0 Å². The lowest BCUT2D eigenvalue weighted by Gasteiger charge is -2.25. The summed E-state index contributed by atoms with van der Waals surface area (Å²) in [4.78, 5) is 0. The van der Waals surface area contributed by atoms with Gasteiger partial charge in [-0.3, -0.25) is 0 Å². The van der Waals surface area contributed by atoms with Crippen molar-refractivity contribution in [1.29, 1.82) is 0 Å². The standard InChI is InChI=1S/C60H42O/c1-59(2)50-29-26-37(40-23-14-24-46-48-33-49-54(34-52(48)60(3,4)58(40)46)61-53-30-27-35-15-8-9-18-39(35)57(49)53)31-47(50)41-28-25-38(32-51(41)59)56-44-21-12-10-19-42(44)55(36-16-6-5-7-17-36)43-20-11-13-22-45(43)56/h5-34H,1-4H3. The third kappa shape index (κ3) is 4.67. The van der Waals surface area contributed by atoms with E-state index in [1.165, 1.54) is 121 Å². The van der Waals surface area contributed by atoms with Crippen LogP contribution in [0.1, 0.15) is 49.9 Å². The monoisotopic (exact) mass is 778 g/mol. The molecule has 0 saturated carbocycles. The summed E-state index contributed by atoms with van der Waals surface area (Å²) in [6.45, 7) is 9.58. The zero-order chi connectivity index (χ0) is 40.8. The molecule has 0 bridgehead atoms. The Hall–Kier alpha value is -7.22. The predicted octanol–water partition coefficient (Wildman–Crippen LogP) is 16.7. The molecule has 10 aromatic carbocycles. The van der Waals surface area contributed by atoms with Gasteiger partial charge in [0, 0.05) is 21.6 Å². The summed E-state index contributed by atoms with van der Waals surface area (Å²) in [5, 5.41) is 9.99. The molecular weight excluding hydrogens is 737 g/mol. The summed E-state index contributed by atoms with van der Waals surface area (Å²) in [7, 11) is 0. The SMILES string of the molecule is CC1(C)c2ccc(-c3cccc4c3C(C)(C)c3cc5oc6ccc7ccccc7c6c5cc3-4)cc2-c2ccc(-c3c4ccccc4c(-c4ccccc4)c4ccccc34)cc21. The second kappa shape index (κ2) is 12.2. The number of benzene rings is 10. The quantitative estimate of drug-likeness (QED) is 0.163. The Bertz CT molecular complexity index is 3630. The van der Waals surface area contributed by atoms with Gasteiger partial charge in [0.05, 0.1) is 0 Å². The molecular formula is C60H42O. The van der Waals surface area contributed by atoms with Crippen molar-refractivity contribution in [2.75, 3.05) is 0 Å². The zero-order valence-corrected chi connectivity index (χ0v) is 34.7.